The van der Waals surface area contributed by atoms with Crippen LogP contribution in [-0.4, -0.2) is 48.7 Å². The quantitative estimate of drug-likeness (QED) is 0.765. The third-order valence-corrected chi connectivity index (χ3v) is 4.56. The van der Waals surface area contributed by atoms with E-state index in [2.05, 4.69) is 10.2 Å². The van der Waals surface area contributed by atoms with Gasteiger partial charge in [0.15, 0.2) is 0 Å². The van der Waals surface area contributed by atoms with Gasteiger partial charge in [0, 0.05) is 32.7 Å². The van der Waals surface area contributed by atoms with Crippen molar-refractivity contribution in [3.8, 4) is 0 Å². The van der Waals surface area contributed by atoms with Crippen LogP contribution in [0.25, 0.3) is 0 Å². The van der Waals surface area contributed by atoms with Crippen LogP contribution in [-0.2, 0) is 4.79 Å². The zero-order chi connectivity index (χ0) is 13.5. The molecule has 0 spiro atoms. The largest absolute Gasteiger partial charge is 0.396 e. The number of aliphatic hydroxyl groups excluding tert-OH is 1. The summed E-state index contributed by atoms with van der Waals surface area (Å²) in [4.78, 5) is 14.2. The highest BCUT2D eigenvalue weighted by atomic mass is 16.3. The molecule has 2 rings (SSSR count). The number of amides is 1. The second-order valence-corrected chi connectivity index (χ2v) is 6.20. The summed E-state index contributed by atoms with van der Waals surface area (Å²) in [5.41, 5.74) is 0. The van der Waals surface area contributed by atoms with Crippen LogP contribution in [0, 0.1) is 11.8 Å². The number of hydrogen-bond acceptors (Lipinski definition) is 3. The highest BCUT2D eigenvalue weighted by Crippen LogP contribution is 2.27. The van der Waals surface area contributed by atoms with Gasteiger partial charge in [0.2, 0.25) is 5.91 Å². The average Bonchev–Trinajstić information content (AvgIpc) is 2.92. The first-order valence-electron chi connectivity index (χ1n) is 7.88. The lowest BCUT2D eigenvalue weighted by molar-refractivity contribution is -0.122. The maximum Gasteiger partial charge on any atom is 0.220 e. The molecule has 1 aliphatic carbocycles. The number of rotatable bonds is 6. The van der Waals surface area contributed by atoms with Crippen molar-refractivity contribution in [1.29, 1.82) is 0 Å². The first kappa shape index (κ1) is 14.8. The summed E-state index contributed by atoms with van der Waals surface area (Å²) in [5.74, 6) is 1.29. The number of likely N-dealkylation sites (tertiary alicyclic amines) is 1. The molecule has 2 fully saturated rings. The van der Waals surface area contributed by atoms with Crippen molar-refractivity contribution in [3.05, 3.63) is 0 Å². The summed E-state index contributed by atoms with van der Waals surface area (Å²) < 4.78 is 0. The summed E-state index contributed by atoms with van der Waals surface area (Å²) in [5, 5.41) is 12.2. The lowest BCUT2D eigenvalue weighted by Gasteiger charge is -2.31. The molecule has 0 aromatic rings. The number of hydrogen-bond donors (Lipinski definition) is 2. The van der Waals surface area contributed by atoms with Crippen LogP contribution in [0.3, 0.4) is 0 Å². The van der Waals surface area contributed by atoms with E-state index < -0.39 is 0 Å². The summed E-state index contributed by atoms with van der Waals surface area (Å²) in [7, 11) is 0. The molecule has 1 heterocycles. The van der Waals surface area contributed by atoms with Gasteiger partial charge in [-0.1, -0.05) is 12.8 Å². The van der Waals surface area contributed by atoms with Crippen LogP contribution in [0.2, 0.25) is 0 Å². The second-order valence-electron chi connectivity index (χ2n) is 6.20. The van der Waals surface area contributed by atoms with Gasteiger partial charge in [-0.2, -0.15) is 0 Å². The monoisotopic (exact) mass is 268 g/mol. The van der Waals surface area contributed by atoms with Gasteiger partial charge in [0.25, 0.3) is 0 Å². The minimum Gasteiger partial charge on any atom is -0.396 e. The van der Waals surface area contributed by atoms with Gasteiger partial charge < -0.3 is 15.3 Å². The van der Waals surface area contributed by atoms with Gasteiger partial charge in [-0.15, -0.1) is 0 Å². The highest BCUT2D eigenvalue weighted by Gasteiger charge is 2.20. The van der Waals surface area contributed by atoms with Gasteiger partial charge in [0.05, 0.1) is 0 Å². The normalized spacial score (nSPS) is 25.6. The zero-order valence-electron chi connectivity index (χ0n) is 11.9. The van der Waals surface area contributed by atoms with Crippen LogP contribution in [0.4, 0.5) is 0 Å². The van der Waals surface area contributed by atoms with Gasteiger partial charge in [0.1, 0.15) is 0 Å². The Morgan fingerprint density at radius 1 is 1.16 bits per heavy atom. The van der Waals surface area contributed by atoms with Crippen LogP contribution in [0.15, 0.2) is 0 Å². The van der Waals surface area contributed by atoms with Crippen LogP contribution < -0.4 is 5.32 Å². The molecule has 1 amide bonds. The fourth-order valence-electron chi connectivity index (χ4n) is 3.41. The average molecular weight is 268 g/mol. The highest BCUT2D eigenvalue weighted by molar-refractivity contribution is 5.76. The Kier molecular flexibility index (Phi) is 6.11. The van der Waals surface area contributed by atoms with E-state index in [4.69, 9.17) is 0 Å². The smallest absolute Gasteiger partial charge is 0.220 e. The van der Waals surface area contributed by atoms with Crippen molar-refractivity contribution in [2.24, 2.45) is 11.8 Å². The minimum atomic E-state index is 0.225. The number of nitrogens with one attached hydrogen (secondary N) is 1. The molecule has 110 valence electrons. The zero-order valence-corrected chi connectivity index (χ0v) is 11.9. The SMILES string of the molecule is O=C(CC1CCCC1)NCCN1CCC[C@@H](CO)C1. The minimum absolute atomic E-state index is 0.225. The molecule has 19 heavy (non-hydrogen) atoms. The molecule has 0 bridgehead atoms. The summed E-state index contributed by atoms with van der Waals surface area (Å²) in [6.45, 7) is 4.06. The van der Waals surface area contributed by atoms with Crippen LogP contribution in [0.5, 0.6) is 0 Å². The van der Waals surface area contributed by atoms with E-state index in [-0.39, 0.29) is 5.91 Å². The van der Waals surface area contributed by atoms with E-state index in [0.29, 0.717) is 18.4 Å². The molecule has 4 heteroatoms. The molecule has 2 aliphatic rings. The lowest BCUT2D eigenvalue weighted by Crippen LogP contribution is -2.41. The maximum absolute atomic E-state index is 11.8. The molecule has 1 atom stereocenters. The maximum atomic E-state index is 11.8. The summed E-state index contributed by atoms with van der Waals surface area (Å²) in [6, 6.07) is 0. The van der Waals surface area contributed by atoms with E-state index in [1.54, 1.807) is 0 Å². The van der Waals surface area contributed by atoms with E-state index in [1.807, 2.05) is 0 Å². The number of carbonyl (C=O) groups excluding carboxylic acids is 1. The Balaban J connectivity index is 1.56. The molecular weight excluding hydrogens is 240 g/mol. The number of piperidine rings is 1. The Morgan fingerprint density at radius 2 is 1.89 bits per heavy atom. The van der Waals surface area contributed by atoms with Crippen molar-refractivity contribution in [3.63, 3.8) is 0 Å². The molecule has 4 nitrogen and oxygen atoms in total. The van der Waals surface area contributed by atoms with Crippen molar-refractivity contribution >= 4 is 5.91 Å². The van der Waals surface area contributed by atoms with E-state index in [1.165, 1.54) is 32.1 Å². The van der Waals surface area contributed by atoms with Crippen molar-refractivity contribution in [2.75, 3.05) is 32.8 Å². The van der Waals surface area contributed by atoms with Crippen LogP contribution in [0.1, 0.15) is 44.9 Å². The molecular formula is C15H28N2O2. The molecule has 1 saturated heterocycles. The summed E-state index contributed by atoms with van der Waals surface area (Å²) >= 11 is 0. The number of aliphatic hydroxyl groups is 1. The van der Waals surface area contributed by atoms with Crippen LogP contribution >= 0.6 is 0 Å². The molecule has 0 unspecified atom stereocenters. The number of carbonyl (C=O) groups is 1. The molecule has 0 radical (unpaired) electrons. The van der Waals surface area contributed by atoms with Gasteiger partial charge in [-0.25, -0.2) is 0 Å². The number of nitrogens with zero attached hydrogens (tertiary/aromatic N) is 1. The lowest BCUT2D eigenvalue weighted by atomic mass is 9.99. The van der Waals surface area contributed by atoms with Gasteiger partial charge >= 0.3 is 0 Å². The second kappa shape index (κ2) is 7.85. The third-order valence-electron chi connectivity index (χ3n) is 4.56. The topological polar surface area (TPSA) is 52.6 Å². The van der Waals surface area contributed by atoms with Gasteiger partial charge in [-0.05, 0) is 44.1 Å². The predicted octanol–water partition coefficient (Wildman–Crippen LogP) is 1.39. The molecule has 1 aliphatic heterocycles. The van der Waals surface area contributed by atoms with Crippen molar-refractivity contribution < 1.29 is 9.90 Å². The first-order valence-corrected chi connectivity index (χ1v) is 7.88. The molecule has 2 N–H and O–H groups in total. The fraction of sp³-hybridized carbons (Fsp3) is 0.933. The predicted molar refractivity (Wildman–Crippen MR) is 75.8 cm³/mol. The first-order chi connectivity index (χ1) is 9.28. The van der Waals surface area contributed by atoms with E-state index in [9.17, 15) is 9.90 Å². The Morgan fingerprint density at radius 3 is 2.63 bits per heavy atom. The molecule has 1 saturated carbocycles. The van der Waals surface area contributed by atoms with Gasteiger partial charge in [-0.3, -0.25) is 4.79 Å². The molecule has 0 aromatic heterocycles. The van der Waals surface area contributed by atoms with E-state index in [0.717, 1.165) is 39.0 Å². The van der Waals surface area contributed by atoms with E-state index >= 15 is 0 Å². The standard InChI is InChI=1S/C15H28N2O2/c18-12-14-6-3-8-17(11-14)9-7-16-15(19)10-13-4-1-2-5-13/h13-14,18H,1-12H2,(H,16,19)/t14-/m1/s1. The Bertz CT molecular complexity index is 277. The van der Waals surface area contributed by atoms with Crippen molar-refractivity contribution in [1.82, 2.24) is 10.2 Å². The van der Waals surface area contributed by atoms with Crippen molar-refractivity contribution in [2.45, 2.75) is 44.9 Å². The fourth-order valence-corrected chi connectivity index (χ4v) is 3.41. The molecule has 0 aromatic carbocycles. The Hall–Kier alpha value is -0.610. The Labute approximate surface area is 116 Å². The third kappa shape index (κ3) is 5.11. The summed E-state index contributed by atoms with van der Waals surface area (Å²) in [6.07, 6.45) is 8.10.